The molecule has 7 nitrogen and oxygen atoms in total. The van der Waals surface area contributed by atoms with E-state index in [2.05, 4.69) is 14.7 Å². The van der Waals surface area contributed by atoms with E-state index in [0.29, 0.717) is 10.6 Å². The fourth-order valence-electron chi connectivity index (χ4n) is 1.94. The summed E-state index contributed by atoms with van der Waals surface area (Å²) in [6.07, 6.45) is 1.39. The zero-order chi connectivity index (χ0) is 19.3. The molecule has 2 aromatic rings. The monoisotopic (exact) mass is 410 g/mol. The number of nitrogens with zero attached hydrogens (tertiary/aromatic N) is 3. The number of sulfone groups is 1. The van der Waals surface area contributed by atoms with Gasteiger partial charge in [0.15, 0.2) is 0 Å². The van der Waals surface area contributed by atoms with Crippen molar-refractivity contribution >= 4 is 50.1 Å². The van der Waals surface area contributed by atoms with Crippen LogP contribution >= 0.6 is 23.1 Å². The third-order valence-electron chi connectivity index (χ3n) is 3.00. The van der Waals surface area contributed by atoms with Gasteiger partial charge in [-0.05, 0) is 29.7 Å². The molecule has 1 heterocycles. The molecule has 1 aromatic heterocycles. The molecule has 0 spiro atoms. The van der Waals surface area contributed by atoms with Crippen LogP contribution in [0.25, 0.3) is 6.08 Å². The molecule has 0 unspecified atom stereocenters. The Balaban J connectivity index is 2.16. The van der Waals surface area contributed by atoms with Gasteiger partial charge in [0.1, 0.15) is 11.6 Å². The molecule has 0 saturated heterocycles. The predicted molar refractivity (Wildman–Crippen MR) is 100 cm³/mol. The Hall–Kier alpha value is -2.28. The van der Waals surface area contributed by atoms with E-state index in [1.807, 2.05) is 0 Å². The molecule has 0 aliphatic rings. The third-order valence-corrected chi connectivity index (χ3v) is 5.85. The predicted octanol–water partition coefficient (Wildman–Crippen LogP) is 3.17. The Morgan fingerprint density at radius 1 is 1.38 bits per heavy atom. The summed E-state index contributed by atoms with van der Waals surface area (Å²) in [7, 11) is -3.61. The molecular formula is C16H15ClN4O3S2. The molecule has 0 bridgehead atoms. The Morgan fingerprint density at radius 2 is 2.04 bits per heavy atom. The smallest absolute Gasteiger partial charge is 0.268 e. The first kappa shape index (κ1) is 20.0. The second-order valence-corrected chi connectivity index (χ2v) is 8.85. The van der Waals surface area contributed by atoms with Crippen molar-refractivity contribution in [3.8, 4) is 6.07 Å². The standard InChI is InChI=1S/C16H15ClN4O3S2/c1-10(2)9-26(23,24)16-20-15(25-21-16)19-14(22)12(8-18)7-11-3-5-13(17)6-4-11/h3-7,10H,9H2,1-2H3,(H,19,20,21,22). The average Bonchev–Trinajstić information content (AvgIpc) is 3.02. The third kappa shape index (κ3) is 5.36. The summed E-state index contributed by atoms with van der Waals surface area (Å²) in [6.45, 7) is 3.54. The Kier molecular flexibility index (Phi) is 6.47. The van der Waals surface area contributed by atoms with Crippen LogP contribution in [0.15, 0.2) is 35.0 Å². The van der Waals surface area contributed by atoms with Crippen LogP contribution in [0, 0.1) is 17.2 Å². The molecule has 0 atom stereocenters. The number of hydrogen-bond acceptors (Lipinski definition) is 7. The Labute approximate surface area is 160 Å². The van der Waals surface area contributed by atoms with Crippen molar-refractivity contribution in [3.63, 3.8) is 0 Å². The molecule has 10 heteroatoms. The zero-order valence-electron chi connectivity index (χ0n) is 13.9. The summed E-state index contributed by atoms with van der Waals surface area (Å²) in [5, 5.41) is 11.8. The molecule has 136 valence electrons. The van der Waals surface area contributed by atoms with Crippen molar-refractivity contribution in [1.29, 1.82) is 5.26 Å². The minimum atomic E-state index is -3.61. The van der Waals surface area contributed by atoms with Crippen molar-refractivity contribution in [2.45, 2.75) is 19.0 Å². The van der Waals surface area contributed by atoms with Gasteiger partial charge in [-0.15, -0.1) is 0 Å². The van der Waals surface area contributed by atoms with Crippen LogP contribution in [0.1, 0.15) is 19.4 Å². The van der Waals surface area contributed by atoms with E-state index in [9.17, 15) is 18.5 Å². The largest absolute Gasteiger partial charge is 0.296 e. The quantitative estimate of drug-likeness (QED) is 0.578. The number of carbonyl (C=O) groups is 1. The van der Waals surface area contributed by atoms with E-state index in [0.717, 1.165) is 11.5 Å². The van der Waals surface area contributed by atoms with Gasteiger partial charge in [-0.1, -0.05) is 37.6 Å². The van der Waals surface area contributed by atoms with E-state index in [1.54, 1.807) is 44.2 Å². The number of nitrogens with one attached hydrogen (secondary N) is 1. The van der Waals surface area contributed by atoms with Crippen molar-refractivity contribution < 1.29 is 13.2 Å². The molecule has 0 saturated carbocycles. The number of carbonyl (C=O) groups excluding carboxylic acids is 1. The van der Waals surface area contributed by atoms with Gasteiger partial charge in [-0.3, -0.25) is 10.1 Å². The van der Waals surface area contributed by atoms with Gasteiger partial charge < -0.3 is 0 Å². The van der Waals surface area contributed by atoms with Crippen LogP contribution in [-0.4, -0.2) is 29.4 Å². The molecular weight excluding hydrogens is 396 g/mol. The fourth-order valence-corrected chi connectivity index (χ4v) is 4.42. The van der Waals surface area contributed by atoms with Gasteiger partial charge in [-0.2, -0.15) is 14.6 Å². The van der Waals surface area contributed by atoms with E-state index in [-0.39, 0.29) is 27.5 Å². The number of halogens is 1. The number of benzene rings is 1. The molecule has 0 fully saturated rings. The van der Waals surface area contributed by atoms with E-state index < -0.39 is 15.7 Å². The normalized spacial score (nSPS) is 12.0. The fraction of sp³-hybridized carbons (Fsp3) is 0.250. The number of aromatic nitrogens is 2. The summed E-state index contributed by atoms with van der Waals surface area (Å²) >= 11 is 6.54. The number of amides is 1. The highest BCUT2D eigenvalue weighted by Crippen LogP contribution is 2.19. The highest BCUT2D eigenvalue weighted by molar-refractivity contribution is 7.91. The summed E-state index contributed by atoms with van der Waals surface area (Å²) in [6, 6.07) is 8.40. The maximum atomic E-state index is 12.2. The van der Waals surface area contributed by atoms with E-state index in [4.69, 9.17) is 11.6 Å². The zero-order valence-corrected chi connectivity index (χ0v) is 16.3. The van der Waals surface area contributed by atoms with Crippen LogP contribution in [0.2, 0.25) is 5.02 Å². The number of anilines is 1. The Bertz CT molecular complexity index is 974. The average molecular weight is 411 g/mol. The van der Waals surface area contributed by atoms with Gasteiger partial charge in [0.2, 0.25) is 15.0 Å². The lowest BCUT2D eigenvalue weighted by Gasteiger charge is -2.02. The lowest BCUT2D eigenvalue weighted by Crippen LogP contribution is -2.15. The van der Waals surface area contributed by atoms with Gasteiger partial charge in [0.05, 0.1) is 5.75 Å². The molecule has 1 N–H and O–H groups in total. The Morgan fingerprint density at radius 3 is 2.62 bits per heavy atom. The lowest BCUT2D eigenvalue weighted by molar-refractivity contribution is -0.112. The van der Waals surface area contributed by atoms with Gasteiger partial charge in [0.25, 0.3) is 11.1 Å². The van der Waals surface area contributed by atoms with E-state index >= 15 is 0 Å². The molecule has 1 amide bonds. The molecule has 0 aliphatic carbocycles. The van der Waals surface area contributed by atoms with Crippen molar-refractivity contribution in [2.75, 3.05) is 11.1 Å². The SMILES string of the molecule is CC(C)CS(=O)(=O)c1nsc(NC(=O)C(C#N)=Cc2ccc(Cl)cc2)n1. The molecule has 0 aliphatic heterocycles. The van der Waals surface area contributed by atoms with Gasteiger partial charge in [0, 0.05) is 16.6 Å². The number of nitriles is 1. The minimum absolute atomic E-state index is 0.00888. The molecule has 2 rings (SSSR count). The molecule has 26 heavy (non-hydrogen) atoms. The highest BCUT2D eigenvalue weighted by Gasteiger charge is 2.23. The number of hydrogen-bond donors (Lipinski definition) is 1. The summed E-state index contributed by atoms with van der Waals surface area (Å²) in [5.41, 5.74) is 0.465. The summed E-state index contributed by atoms with van der Waals surface area (Å²) in [5.74, 6) is -0.864. The van der Waals surface area contributed by atoms with Crippen molar-refractivity contribution in [2.24, 2.45) is 5.92 Å². The van der Waals surface area contributed by atoms with Crippen LogP contribution < -0.4 is 5.32 Å². The number of rotatable bonds is 6. The maximum Gasteiger partial charge on any atom is 0.268 e. The maximum absolute atomic E-state index is 12.2. The molecule has 1 aromatic carbocycles. The first-order chi connectivity index (χ1) is 12.2. The summed E-state index contributed by atoms with van der Waals surface area (Å²) in [4.78, 5) is 16.1. The van der Waals surface area contributed by atoms with Gasteiger partial charge >= 0.3 is 0 Å². The highest BCUT2D eigenvalue weighted by atomic mass is 35.5. The summed E-state index contributed by atoms with van der Waals surface area (Å²) < 4.78 is 28.0. The van der Waals surface area contributed by atoms with Gasteiger partial charge in [-0.25, -0.2) is 8.42 Å². The second-order valence-electron chi connectivity index (χ2n) is 5.73. The lowest BCUT2D eigenvalue weighted by atomic mass is 10.1. The van der Waals surface area contributed by atoms with Crippen molar-refractivity contribution in [3.05, 3.63) is 40.4 Å². The second kappa shape index (κ2) is 8.40. The van der Waals surface area contributed by atoms with Crippen LogP contribution in [0.4, 0.5) is 5.13 Å². The van der Waals surface area contributed by atoms with Crippen LogP contribution in [-0.2, 0) is 14.6 Å². The first-order valence-electron chi connectivity index (χ1n) is 7.46. The van der Waals surface area contributed by atoms with E-state index in [1.165, 1.54) is 6.08 Å². The van der Waals surface area contributed by atoms with Crippen LogP contribution in [0.3, 0.4) is 0 Å². The van der Waals surface area contributed by atoms with Crippen LogP contribution in [0.5, 0.6) is 0 Å². The first-order valence-corrected chi connectivity index (χ1v) is 10.3. The topological polar surface area (TPSA) is 113 Å². The minimum Gasteiger partial charge on any atom is -0.296 e. The van der Waals surface area contributed by atoms with Crippen molar-refractivity contribution in [1.82, 2.24) is 9.36 Å². The molecule has 0 radical (unpaired) electrons.